The van der Waals surface area contributed by atoms with Crippen LogP contribution in [0.15, 0.2) is 58.0 Å². The number of imide groups is 2. The van der Waals surface area contributed by atoms with Crippen LogP contribution in [0, 0.1) is 5.92 Å². The summed E-state index contributed by atoms with van der Waals surface area (Å²) in [7, 11) is 0. The largest absolute Gasteiger partial charge is 0.418 e. The summed E-state index contributed by atoms with van der Waals surface area (Å²) in [5, 5.41) is 2.01. The van der Waals surface area contributed by atoms with Crippen LogP contribution in [0.25, 0.3) is 0 Å². The number of alkyl halides is 3. The van der Waals surface area contributed by atoms with Gasteiger partial charge in [-0.25, -0.2) is 9.69 Å². The minimum atomic E-state index is -4.65. The average molecular weight is 454 g/mol. The molecule has 0 saturated carbocycles. The lowest BCUT2D eigenvalue weighted by Crippen LogP contribution is -2.58. The molecule has 3 rings (SSSR count). The molecule has 2 aromatic rings. The van der Waals surface area contributed by atoms with E-state index < -0.39 is 41.2 Å². The third-order valence-electron chi connectivity index (χ3n) is 3.86. The standard InChI is InChI=1S/C18H11BrF3N3O3/c19-10-5-7-11(8-6-10)25-16(27)12(15(26)24-17(25)28)9-23-14-4-2-1-3-13(14)18(20,21)22/h1-9,12H,(H,24,26,28)/t12-/m1/s1. The molecule has 1 saturated heterocycles. The van der Waals surface area contributed by atoms with Crippen molar-refractivity contribution in [3.63, 3.8) is 0 Å². The molecule has 1 N–H and O–H groups in total. The first kappa shape index (κ1) is 19.7. The zero-order chi connectivity index (χ0) is 20.5. The average Bonchev–Trinajstić information content (AvgIpc) is 2.62. The van der Waals surface area contributed by atoms with Crippen LogP contribution in [0.3, 0.4) is 0 Å². The molecule has 1 atom stereocenters. The van der Waals surface area contributed by atoms with Crippen LogP contribution >= 0.6 is 15.9 Å². The highest BCUT2D eigenvalue weighted by molar-refractivity contribution is 9.10. The van der Waals surface area contributed by atoms with E-state index in [1.165, 1.54) is 24.3 Å². The van der Waals surface area contributed by atoms with Gasteiger partial charge in [-0.2, -0.15) is 13.2 Å². The molecule has 144 valence electrons. The number of rotatable bonds is 3. The first-order valence-electron chi connectivity index (χ1n) is 7.83. The van der Waals surface area contributed by atoms with E-state index in [-0.39, 0.29) is 5.69 Å². The Bertz CT molecular complexity index is 974. The van der Waals surface area contributed by atoms with E-state index in [1.807, 2.05) is 5.32 Å². The van der Waals surface area contributed by atoms with E-state index in [0.29, 0.717) is 4.47 Å². The first-order chi connectivity index (χ1) is 13.2. The maximum atomic E-state index is 13.1. The van der Waals surface area contributed by atoms with Gasteiger partial charge in [0.15, 0.2) is 5.92 Å². The third kappa shape index (κ3) is 3.96. The Morgan fingerprint density at radius 2 is 1.68 bits per heavy atom. The highest BCUT2D eigenvalue weighted by Crippen LogP contribution is 2.36. The highest BCUT2D eigenvalue weighted by Gasteiger charge is 2.40. The Morgan fingerprint density at radius 3 is 2.32 bits per heavy atom. The van der Waals surface area contributed by atoms with Crippen molar-refractivity contribution in [1.29, 1.82) is 0 Å². The van der Waals surface area contributed by atoms with Gasteiger partial charge in [0.25, 0.3) is 5.91 Å². The summed E-state index contributed by atoms with van der Waals surface area (Å²) >= 11 is 3.22. The molecular weight excluding hydrogens is 443 g/mol. The Kier molecular flexibility index (Phi) is 5.32. The van der Waals surface area contributed by atoms with Gasteiger partial charge in [-0.15, -0.1) is 0 Å². The van der Waals surface area contributed by atoms with Gasteiger partial charge >= 0.3 is 12.2 Å². The fourth-order valence-electron chi connectivity index (χ4n) is 2.54. The van der Waals surface area contributed by atoms with Crippen molar-refractivity contribution in [2.45, 2.75) is 6.18 Å². The number of carbonyl (C=O) groups excluding carboxylic acids is 3. The maximum Gasteiger partial charge on any atom is 0.418 e. The number of para-hydroxylation sites is 1. The number of carbonyl (C=O) groups is 3. The monoisotopic (exact) mass is 453 g/mol. The van der Waals surface area contributed by atoms with Crippen molar-refractivity contribution >= 4 is 51.4 Å². The number of urea groups is 1. The summed E-state index contributed by atoms with van der Waals surface area (Å²) in [5.74, 6) is -3.43. The van der Waals surface area contributed by atoms with E-state index in [9.17, 15) is 27.6 Å². The number of halogens is 4. The summed E-state index contributed by atoms with van der Waals surface area (Å²) in [4.78, 5) is 41.2. The second-order valence-corrected chi connectivity index (χ2v) is 6.63. The van der Waals surface area contributed by atoms with Gasteiger partial charge < -0.3 is 0 Å². The molecule has 0 radical (unpaired) electrons. The van der Waals surface area contributed by atoms with E-state index in [2.05, 4.69) is 20.9 Å². The van der Waals surface area contributed by atoms with E-state index in [4.69, 9.17) is 0 Å². The zero-order valence-corrected chi connectivity index (χ0v) is 15.5. The fraction of sp³-hybridized carbons (Fsp3) is 0.111. The van der Waals surface area contributed by atoms with Crippen molar-refractivity contribution in [2.75, 3.05) is 4.90 Å². The molecule has 0 aromatic heterocycles. The normalized spacial score (nSPS) is 17.9. The predicted molar refractivity (Wildman–Crippen MR) is 98.3 cm³/mol. The van der Waals surface area contributed by atoms with Gasteiger partial charge in [-0.1, -0.05) is 28.1 Å². The Hall–Kier alpha value is -3.01. The van der Waals surface area contributed by atoms with Gasteiger partial charge in [0, 0.05) is 10.7 Å². The number of hydrogen-bond donors (Lipinski definition) is 1. The van der Waals surface area contributed by atoms with Crippen LogP contribution in [-0.4, -0.2) is 24.1 Å². The molecule has 28 heavy (non-hydrogen) atoms. The van der Waals surface area contributed by atoms with Crippen molar-refractivity contribution in [3.8, 4) is 0 Å². The van der Waals surface area contributed by atoms with Gasteiger partial charge in [-0.05, 0) is 36.4 Å². The first-order valence-corrected chi connectivity index (χ1v) is 8.62. The second kappa shape index (κ2) is 7.55. The van der Waals surface area contributed by atoms with Crippen molar-refractivity contribution in [3.05, 3.63) is 58.6 Å². The Balaban J connectivity index is 1.93. The SMILES string of the molecule is O=C1NC(=O)N(c2ccc(Br)cc2)C(=O)[C@@H]1C=Nc1ccccc1C(F)(F)F. The molecule has 6 nitrogen and oxygen atoms in total. The number of barbiturate groups is 1. The topological polar surface area (TPSA) is 78.8 Å². The molecular formula is C18H11BrF3N3O3. The lowest BCUT2D eigenvalue weighted by molar-refractivity contribution is -0.137. The number of nitrogens with zero attached hydrogens (tertiary/aromatic N) is 2. The van der Waals surface area contributed by atoms with E-state index in [0.717, 1.165) is 23.2 Å². The van der Waals surface area contributed by atoms with Crippen LogP contribution in [0.4, 0.5) is 29.3 Å². The molecule has 0 bridgehead atoms. The third-order valence-corrected chi connectivity index (χ3v) is 4.39. The molecule has 0 unspecified atom stereocenters. The summed E-state index contributed by atoms with van der Waals surface area (Å²) < 4.78 is 39.9. The number of benzene rings is 2. The van der Waals surface area contributed by atoms with Crippen molar-refractivity contribution in [1.82, 2.24) is 5.32 Å². The molecule has 0 aliphatic carbocycles. The maximum absolute atomic E-state index is 13.1. The summed E-state index contributed by atoms with van der Waals surface area (Å²) in [5.41, 5.74) is -1.24. The van der Waals surface area contributed by atoms with E-state index >= 15 is 0 Å². The van der Waals surface area contributed by atoms with Gasteiger partial charge in [-0.3, -0.25) is 19.9 Å². The van der Waals surface area contributed by atoms with Gasteiger partial charge in [0.2, 0.25) is 5.91 Å². The minimum Gasteiger partial charge on any atom is -0.276 e. The van der Waals surface area contributed by atoms with Crippen LogP contribution in [-0.2, 0) is 15.8 Å². The molecule has 10 heteroatoms. The van der Waals surface area contributed by atoms with Crippen LogP contribution in [0.1, 0.15) is 5.56 Å². The lowest BCUT2D eigenvalue weighted by Gasteiger charge is -2.28. The number of aliphatic imine (C=N–C) groups is 1. The number of nitrogens with one attached hydrogen (secondary N) is 1. The second-order valence-electron chi connectivity index (χ2n) is 5.72. The molecule has 2 aromatic carbocycles. The summed E-state index contributed by atoms with van der Waals surface area (Å²) in [6.07, 6.45) is -3.84. The molecule has 1 heterocycles. The van der Waals surface area contributed by atoms with Crippen molar-refractivity contribution < 1.29 is 27.6 Å². The van der Waals surface area contributed by atoms with Crippen LogP contribution < -0.4 is 10.2 Å². The number of anilines is 1. The fourth-order valence-corrected chi connectivity index (χ4v) is 2.80. The Labute approximate surface area is 165 Å². The quantitative estimate of drug-likeness (QED) is 0.561. The zero-order valence-electron chi connectivity index (χ0n) is 13.9. The van der Waals surface area contributed by atoms with Gasteiger partial charge in [0.1, 0.15) is 0 Å². The molecule has 0 spiro atoms. The van der Waals surface area contributed by atoms with Crippen LogP contribution in [0.5, 0.6) is 0 Å². The van der Waals surface area contributed by atoms with Gasteiger partial charge in [0.05, 0.1) is 16.9 Å². The van der Waals surface area contributed by atoms with E-state index in [1.54, 1.807) is 12.1 Å². The minimum absolute atomic E-state index is 0.201. The lowest BCUT2D eigenvalue weighted by atomic mass is 10.1. The molecule has 1 aliphatic rings. The summed E-state index contributed by atoms with van der Waals surface area (Å²) in [6.45, 7) is 0. The van der Waals surface area contributed by atoms with Crippen LogP contribution in [0.2, 0.25) is 0 Å². The smallest absolute Gasteiger partial charge is 0.276 e. The van der Waals surface area contributed by atoms with Crippen molar-refractivity contribution in [2.24, 2.45) is 10.9 Å². The predicted octanol–water partition coefficient (Wildman–Crippen LogP) is 4.07. The Morgan fingerprint density at radius 1 is 1.04 bits per heavy atom. The summed E-state index contributed by atoms with van der Waals surface area (Å²) in [6, 6.07) is 9.70. The molecule has 1 aliphatic heterocycles. The number of hydrogen-bond acceptors (Lipinski definition) is 4. The molecule has 4 amide bonds. The molecule has 1 fully saturated rings. The highest BCUT2D eigenvalue weighted by atomic mass is 79.9. The number of amides is 4.